The monoisotopic (exact) mass is 436 g/mol. The molecule has 1 heterocycles. The van der Waals surface area contributed by atoms with Crippen LogP contribution in [0.3, 0.4) is 0 Å². The summed E-state index contributed by atoms with van der Waals surface area (Å²) in [6, 6.07) is 23.2. The van der Waals surface area contributed by atoms with Crippen molar-refractivity contribution in [1.82, 2.24) is 9.62 Å². The van der Waals surface area contributed by atoms with E-state index in [1.807, 2.05) is 6.07 Å². The van der Waals surface area contributed by atoms with Crippen LogP contribution in [0.1, 0.15) is 24.8 Å². The Kier molecular flexibility index (Phi) is 6.68. The topological polar surface area (TPSA) is 66.5 Å². The lowest BCUT2D eigenvalue weighted by Crippen LogP contribution is -2.43. The van der Waals surface area contributed by atoms with E-state index in [2.05, 4.69) is 41.7 Å². The van der Waals surface area contributed by atoms with Gasteiger partial charge in [0, 0.05) is 25.6 Å². The van der Waals surface area contributed by atoms with Crippen LogP contribution in [0.2, 0.25) is 0 Å². The minimum absolute atomic E-state index is 0.0367. The number of piperidine rings is 1. The second-order valence-corrected chi connectivity index (χ2v) is 9.96. The van der Waals surface area contributed by atoms with Crippen molar-refractivity contribution in [1.29, 1.82) is 0 Å². The summed E-state index contributed by atoms with van der Waals surface area (Å²) in [5.41, 5.74) is 1.30. The van der Waals surface area contributed by atoms with Crippen LogP contribution in [0.5, 0.6) is 0 Å². The Morgan fingerprint density at radius 3 is 2.35 bits per heavy atom. The Hall–Kier alpha value is -2.70. The first kappa shape index (κ1) is 21.5. The van der Waals surface area contributed by atoms with Crippen LogP contribution < -0.4 is 5.32 Å². The molecular formula is C25H28N2O3S. The molecule has 4 rings (SSSR count). The number of amides is 1. The van der Waals surface area contributed by atoms with Crippen LogP contribution >= 0.6 is 0 Å². The van der Waals surface area contributed by atoms with Gasteiger partial charge >= 0.3 is 0 Å². The number of carbonyl (C=O) groups excluding carboxylic acids is 1. The van der Waals surface area contributed by atoms with Gasteiger partial charge in [-0.1, -0.05) is 60.7 Å². The first-order valence-corrected chi connectivity index (χ1v) is 12.3. The Labute approximate surface area is 184 Å². The van der Waals surface area contributed by atoms with Crippen molar-refractivity contribution >= 4 is 26.7 Å². The fourth-order valence-electron chi connectivity index (χ4n) is 4.25. The third kappa shape index (κ3) is 4.97. The van der Waals surface area contributed by atoms with Crippen molar-refractivity contribution in [3.05, 3.63) is 78.4 Å². The number of benzene rings is 3. The Morgan fingerprint density at radius 2 is 1.58 bits per heavy atom. The minimum atomic E-state index is -3.48. The van der Waals surface area contributed by atoms with E-state index in [4.69, 9.17) is 0 Å². The highest BCUT2D eigenvalue weighted by Crippen LogP contribution is 2.24. The van der Waals surface area contributed by atoms with E-state index in [0.29, 0.717) is 37.4 Å². The maximum absolute atomic E-state index is 12.7. The highest BCUT2D eigenvalue weighted by molar-refractivity contribution is 7.89. The number of hydrogen-bond acceptors (Lipinski definition) is 3. The number of sulfonamides is 1. The van der Waals surface area contributed by atoms with Crippen molar-refractivity contribution in [2.24, 2.45) is 5.92 Å². The minimum Gasteiger partial charge on any atom is -0.356 e. The number of nitrogens with zero attached hydrogens (tertiary/aromatic N) is 1. The Bertz CT molecular complexity index is 1130. The smallest absolute Gasteiger partial charge is 0.243 e. The summed E-state index contributed by atoms with van der Waals surface area (Å²) < 4.78 is 26.9. The zero-order valence-corrected chi connectivity index (χ0v) is 18.4. The molecule has 1 saturated heterocycles. The maximum atomic E-state index is 12.7. The molecule has 3 aromatic rings. The summed E-state index contributed by atoms with van der Waals surface area (Å²) in [5.74, 6) is -0.0885. The van der Waals surface area contributed by atoms with Crippen molar-refractivity contribution < 1.29 is 13.2 Å². The van der Waals surface area contributed by atoms with Gasteiger partial charge in [0.25, 0.3) is 0 Å². The van der Waals surface area contributed by atoms with Crippen LogP contribution in [0.4, 0.5) is 0 Å². The summed E-state index contributed by atoms with van der Waals surface area (Å²) >= 11 is 0. The molecule has 1 fully saturated rings. The summed E-state index contributed by atoms with van der Waals surface area (Å²) in [4.78, 5) is 12.9. The zero-order chi connectivity index (χ0) is 21.7. The summed E-state index contributed by atoms with van der Waals surface area (Å²) in [6.45, 7) is 1.39. The number of carbonyl (C=O) groups is 1. The second-order valence-electron chi connectivity index (χ2n) is 8.02. The van der Waals surface area contributed by atoms with Gasteiger partial charge in [-0.25, -0.2) is 8.42 Å². The number of rotatable bonds is 7. The molecule has 1 aliphatic rings. The molecule has 0 aromatic heterocycles. The molecular weight excluding hydrogens is 408 g/mol. The first-order valence-electron chi connectivity index (χ1n) is 10.9. The fourth-order valence-corrected chi connectivity index (χ4v) is 5.74. The first-order chi connectivity index (χ1) is 15.1. The average Bonchev–Trinajstić information content (AvgIpc) is 2.82. The lowest BCUT2D eigenvalue weighted by Gasteiger charge is -2.30. The maximum Gasteiger partial charge on any atom is 0.243 e. The summed E-state index contributed by atoms with van der Waals surface area (Å²) in [7, 11) is -3.48. The molecule has 6 heteroatoms. The molecule has 0 unspecified atom stereocenters. The molecule has 0 spiro atoms. The normalized spacial score (nSPS) is 15.7. The van der Waals surface area contributed by atoms with Crippen LogP contribution in [0.15, 0.2) is 77.7 Å². The van der Waals surface area contributed by atoms with Crippen molar-refractivity contribution in [3.8, 4) is 0 Å². The quantitative estimate of drug-likeness (QED) is 0.570. The molecule has 0 saturated carbocycles. The SMILES string of the molecule is O=C(NCCCc1cccc2ccccc12)C1CCN(S(=O)(=O)c2ccccc2)CC1. The van der Waals surface area contributed by atoms with Crippen molar-refractivity contribution in [2.45, 2.75) is 30.6 Å². The number of hydrogen-bond donors (Lipinski definition) is 1. The molecule has 162 valence electrons. The predicted octanol–water partition coefficient (Wildman–Crippen LogP) is 3.99. The summed E-state index contributed by atoms with van der Waals surface area (Å²) in [6.07, 6.45) is 2.90. The molecule has 1 amide bonds. The number of aryl methyl sites for hydroxylation is 1. The molecule has 1 aliphatic heterocycles. The van der Waals surface area contributed by atoms with Gasteiger partial charge in [-0.05, 0) is 54.2 Å². The molecule has 0 aliphatic carbocycles. The van der Waals surface area contributed by atoms with Crippen LogP contribution in [0, 0.1) is 5.92 Å². The predicted molar refractivity (Wildman–Crippen MR) is 123 cm³/mol. The molecule has 3 aromatic carbocycles. The van der Waals surface area contributed by atoms with E-state index < -0.39 is 10.0 Å². The van der Waals surface area contributed by atoms with Gasteiger partial charge in [-0.15, -0.1) is 0 Å². The molecule has 0 bridgehead atoms. The lowest BCUT2D eigenvalue weighted by molar-refractivity contribution is -0.126. The van der Waals surface area contributed by atoms with Crippen molar-refractivity contribution in [2.75, 3.05) is 19.6 Å². The molecule has 31 heavy (non-hydrogen) atoms. The highest BCUT2D eigenvalue weighted by Gasteiger charge is 2.31. The van der Waals surface area contributed by atoms with Gasteiger partial charge in [0.2, 0.25) is 15.9 Å². The largest absolute Gasteiger partial charge is 0.356 e. The van der Waals surface area contributed by atoms with Crippen LogP contribution in [-0.2, 0) is 21.2 Å². The lowest BCUT2D eigenvalue weighted by atomic mass is 9.97. The Balaban J connectivity index is 1.24. The van der Waals surface area contributed by atoms with Gasteiger partial charge in [0.15, 0.2) is 0 Å². The van der Waals surface area contributed by atoms with E-state index in [1.165, 1.54) is 20.6 Å². The summed E-state index contributed by atoms with van der Waals surface area (Å²) in [5, 5.41) is 5.55. The van der Waals surface area contributed by atoms with E-state index >= 15 is 0 Å². The third-order valence-corrected chi connectivity index (χ3v) is 7.92. The van der Waals surface area contributed by atoms with E-state index in [-0.39, 0.29) is 11.8 Å². The fraction of sp³-hybridized carbons (Fsp3) is 0.320. The molecule has 0 radical (unpaired) electrons. The second kappa shape index (κ2) is 9.62. The Morgan fingerprint density at radius 1 is 0.903 bits per heavy atom. The van der Waals surface area contributed by atoms with Gasteiger partial charge < -0.3 is 5.32 Å². The molecule has 0 atom stereocenters. The highest BCUT2D eigenvalue weighted by atomic mass is 32.2. The standard InChI is InChI=1S/C25H28N2O3S/c28-25(26-17-7-11-21-10-6-9-20-8-4-5-14-24(20)21)22-15-18-27(19-16-22)31(29,30)23-12-2-1-3-13-23/h1-6,8-10,12-14,22H,7,11,15-19H2,(H,26,28). The number of fused-ring (bicyclic) bond motifs is 1. The number of nitrogens with one attached hydrogen (secondary N) is 1. The third-order valence-electron chi connectivity index (χ3n) is 6.01. The van der Waals surface area contributed by atoms with E-state index in [9.17, 15) is 13.2 Å². The zero-order valence-electron chi connectivity index (χ0n) is 17.5. The molecule has 1 N–H and O–H groups in total. The van der Waals surface area contributed by atoms with E-state index in [0.717, 1.165) is 12.8 Å². The van der Waals surface area contributed by atoms with Gasteiger partial charge in [0.1, 0.15) is 0 Å². The van der Waals surface area contributed by atoms with Gasteiger partial charge in [-0.2, -0.15) is 4.31 Å². The van der Waals surface area contributed by atoms with Crippen molar-refractivity contribution in [3.63, 3.8) is 0 Å². The van der Waals surface area contributed by atoms with Crippen LogP contribution in [-0.4, -0.2) is 38.3 Å². The van der Waals surface area contributed by atoms with Crippen LogP contribution in [0.25, 0.3) is 10.8 Å². The average molecular weight is 437 g/mol. The van der Waals surface area contributed by atoms with Gasteiger partial charge in [-0.3, -0.25) is 4.79 Å². The van der Waals surface area contributed by atoms with Gasteiger partial charge in [0.05, 0.1) is 4.90 Å². The van der Waals surface area contributed by atoms with E-state index in [1.54, 1.807) is 30.3 Å². The molecule has 5 nitrogen and oxygen atoms in total.